The standard InChI is InChI=1S/C22H26N6O2/c1-16-11-27(12-17(2)30-16)13-18-3-6-20(7-4-18)22(29)25-10-19-5-8-21(24-9-19)28-15-23-14-26-28/h3-9,14-17H,10-13H2,1-2H3,(H,25,29)/t16-,17-/m0/s1. The van der Waals surface area contributed by atoms with Crippen LogP contribution in [0.15, 0.2) is 55.2 Å². The van der Waals surface area contributed by atoms with Crippen molar-refractivity contribution in [3.63, 3.8) is 0 Å². The van der Waals surface area contributed by atoms with E-state index in [1.165, 1.54) is 11.9 Å². The van der Waals surface area contributed by atoms with Crippen LogP contribution in [0, 0.1) is 0 Å². The van der Waals surface area contributed by atoms with E-state index in [9.17, 15) is 4.79 Å². The molecule has 1 aliphatic heterocycles. The molecule has 1 saturated heterocycles. The fourth-order valence-electron chi connectivity index (χ4n) is 3.70. The molecule has 156 valence electrons. The molecule has 0 saturated carbocycles. The Morgan fingerprint density at radius 2 is 1.83 bits per heavy atom. The van der Waals surface area contributed by atoms with Gasteiger partial charge in [0.05, 0.1) is 12.2 Å². The Morgan fingerprint density at radius 3 is 2.47 bits per heavy atom. The Hall–Kier alpha value is -3.10. The predicted octanol–water partition coefficient (Wildman–Crippen LogP) is 2.20. The Bertz CT molecular complexity index is 946. The van der Waals surface area contributed by atoms with E-state index in [1.54, 1.807) is 17.2 Å². The molecule has 0 spiro atoms. The average molecular weight is 406 g/mol. The van der Waals surface area contributed by atoms with Crippen molar-refractivity contribution < 1.29 is 9.53 Å². The van der Waals surface area contributed by atoms with Gasteiger partial charge in [-0.2, -0.15) is 5.10 Å². The summed E-state index contributed by atoms with van der Waals surface area (Å²) in [7, 11) is 0. The molecular formula is C22H26N6O2. The number of ether oxygens (including phenoxy) is 1. The minimum Gasteiger partial charge on any atom is -0.373 e. The number of pyridine rings is 1. The monoisotopic (exact) mass is 406 g/mol. The van der Waals surface area contributed by atoms with Gasteiger partial charge in [0.2, 0.25) is 0 Å². The van der Waals surface area contributed by atoms with Crippen molar-refractivity contribution in [1.82, 2.24) is 30.0 Å². The maximum Gasteiger partial charge on any atom is 0.251 e. The molecule has 0 bridgehead atoms. The predicted molar refractivity (Wildman–Crippen MR) is 112 cm³/mol. The molecule has 30 heavy (non-hydrogen) atoms. The molecule has 0 unspecified atom stereocenters. The fraction of sp³-hybridized carbons (Fsp3) is 0.364. The summed E-state index contributed by atoms with van der Waals surface area (Å²) in [6, 6.07) is 11.6. The molecule has 3 heterocycles. The molecule has 1 aromatic carbocycles. The quantitative estimate of drug-likeness (QED) is 0.676. The van der Waals surface area contributed by atoms with Gasteiger partial charge in [-0.15, -0.1) is 0 Å². The Labute approximate surface area is 175 Å². The average Bonchev–Trinajstić information content (AvgIpc) is 3.27. The number of carbonyl (C=O) groups is 1. The molecule has 8 heteroatoms. The third-order valence-electron chi connectivity index (χ3n) is 5.03. The second-order valence-corrected chi connectivity index (χ2v) is 7.70. The lowest BCUT2D eigenvalue weighted by atomic mass is 10.1. The first-order valence-corrected chi connectivity index (χ1v) is 10.1. The molecule has 0 radical (unpaired) electrons. The van der Waals surface area contributed by atoms with Crippen molar-refractivity contribution in [1.29, 1.82) is 0 Å². The van der Waals surface area contributed by atoms with E-state index in [-0.39, 0.29) is 18.1 Å². The summed E-state index contributed by atoms with van der Waals surface area (Å²) >= 11 is 0. The van der Waals surface area contributed by atoms with Crippen LogP contribution < -0.4 is 5.32 Å². The van der Waals surface area contributed by atoms with Crippen LogP contribution in [0.4, 0.5) is 0 Å². The van der Waals surface area contributed by atoms with Gasteiger partial charge in [0.15, 0.2) is 5.82 Å². The molecule has 2 aromatic heterocycles. The summed E-state index contributed by atoms with van der Waals surface area (Å²) in [5.74, 6) is 0.581. The molecule has 4 rings (SSSR count). The number of amides is 1. The van der Waals surface area contributed by atoms with Gasteiger partial charge >= 0.3 is 0 Å². The maximum atomic E-state index is 12.5. The highest BCUT2D eigenvalue weighted by Crippen LogP contribution is 2.15. The molecule has 1 amide bonds. The fourth-order valence-corrected chi connectivity index (χ4v) is 3.70. The van der Waals surface area contributed by atoms with Gasteiger partial charge in [-0.3, -0.25) is 9.69 Å². The van der Waals surface area contributed by atoms with E-state index < -0.39 is 0 Å². The van der Waals surface area contributed by atoms with Gasteiger partial charge in [0.1, 0.15) is 12.7 Å². The molecule has 0 aliphatic carbocycles. The number of nitrogens with one attached hydrogen (secondary N) is 1. The first-order chi connectivity index (χ1) is 14.6. The highest BCUT2D eigenvalue weighted by Gasteiger charge is 2.22. The van der Waals surface area contributed by atoms with Gasteiger partial charge in [-0.05, 0) is 43.2 Å². The minimum absolute atomic E-state index is 0.101. The maximum absolute atomic E-state index is 12.5. The van der Waals surface area contributed by atoms with Crippen LogP contribution in [-0.2, 0) is 17.8 Å². The zero-order chi connectivity index (χ0) is 20.9. The van der Waals surface area contributed by atoms with Crippen LogP contribution in [0.1, 0.15) is 35.3 Å². The number of morpholine rings is 1. The van der Waals surface area contributed by atoms with Crippen molar-refractivity contribution in [2.75, 3.05) is 13.1 Å². The molecule has 3 aromatic rings. The summed E-state index contributed by atoms with van der Waals surface area (Å²) in [5.41, 5.74) is 2.76. The zero-order valence-electron chi connectivity index (χ0n) is 17.2. The zero-order valence-corrected chi connectivity index (χ0v) is 17.2. The summed E-state index contributed by atoms with van der Waals surface area (Å²) in [5, 5.41) is 6.99. The lowest BCUT2D eigenvalue weighted by molar-refractivity contribution is -0.0704. The number of aromatic nitrogens is 4. The third kappa shape index (κ3) is 5.08. The SMILES string of the molecule is C[C@H]1CN(Cc2ccc(C(=O)NCc3ccc(-n4cncn4)nc3)cc2)C[C@H](C)O1. The first kappa shape index (κ1) is 20.2. The Balaban J connectivity index is 1.29. The first-order valence-electron chi connectivity index (χ1n) is 10.1. The van der Waals surface area contributed by atoms with Crippen molar-refractivity contribution >= 4 is 5.91 Å². The second kappa shape index (κ2) is 9.15. The van der Waals surface area contributed by atoms with Crippen LogP contribution in [0.3, 0.4) is 0 Å². The van der Waals surface area contributed by atoms with E-state index >= 15 is 0 Å². The summed E-state index contributed by atoms with van der Waals surface area (Å²) in [4.78, 5) is 23.1. The van der Waals surface area contributed by atoms with Gasteiger partial charge in [0.25, 0.3) is 5.91 Å². The van der Waals surface area contributed by atoms with Crippen molar-refractivity contribution in [3.8, 4) is 5.82 Å². The van der Waals surface area contributed by atoms with Crippen molar-refractivity contribution in [2.45, 2.75) is 39.1 Å². The number of nitrogens with zero attached hydrogens (tertiary/aromatic N) is 5. The van der Waals surface area contributed by atoms with E-state index in [2.05, 4.69) is 39.1 Å². The topological polar surface area (TPSA) is 85.2 Å². The van der Waals surface area contributed by atoms with E-state index in [4.69, 9.17) is 4.74 Å². The number of hydrogen-bond acceptors (Lipinski definition) is 6. The number of rotatable bonds is 6. The van der Waals surface area contributed by atoms with E-state index in [0.717, 1.165) is 25.2 Å². The lowest BCUT2D eigenvalue weighted by Crippen LogP contribution is -2.44. The van der Waals surface area contributed by atoms with Gasteiger partial charge < -0.3 is 10.1 Å². The Kier molecular flexibility index (Phi) is 6.15. The number of benzene rings is 1. The smallest absolute Gasteiger partial charge is 0.251 e. The normalized spacial score (nSPS) is 19.5. The summed E-state index contributed by atoms with van der Waals surface area (Å²) in [6.45, 7) is 7.34. The Morgan fingerprint density at radius 1 is 1.10 bits per heavy atom. The summed E-state index contributed by atoms with van der Waals surface area (Å²) < 4.78 is 7.37. The molecule has 2 atom stereocenters. The lowest BCUT2D eigenvalue weighted by Gasteiger charge is -2.35. The van der Waals surface area contributed by atoms with Gasteiger partial charge in [-0.25, -0.2) is 14.6 Å². The van der Waals surface area contributed by atoms with Crippen molar-refractivity contribution in [3.05, 3.63) is 71.9 Å². The minimum atomic E-state index is -0.101. The second-order valence-electron chi connectivity index (χ2n) is 7.70. The van der Waals surface area contributed by atoms with Gasteiger partial charge in [0, 0.05) is 37.9 Å². The highest BCUT2D eigenvalue weighted by molar-refractivity contribution is 5.94. The van der Waals surface area contributed by atoms with Crippen LogP contribution >= 0.6 is 0 Å². The largest absolute Gasteiger partial charge is 0.373 e. The van der Waals surface area contributed by atoms with E-state index in [1.807, 2.05) is 36.4 Å². The highest BCUT2D eigenvalue weighted by atomic mass is 16.5. The number of carbonyl (C=O) groups excluding carboxylic acids is 1. The third-order valence-corrected chi connectivity index (χ3v) is 5.03. The van der Waals surface area contributed by atoms with E-state index in [0.29, 0.717) is 17.9 Å². The number of hydrogen-bond donors (Lipinski definition) is 1. The molecule has 8 nitrogen and oxygen atoms in total. The van der Waals surface area contributed by atoms with Crippen LogP contribution in [0.5, 0.6) is 0 Å². The summed E-state index contributed by atoms with van der Waals surface area (Å²) in [6.07, 6.45) is 5.28. The van der Waals surface area contributed by atoms with Crippen LogP contribution in [0.25, 0.3) is 5.82 Å². The van der Waals surface area contributed by atoms with Gasteiger partial charge in [-0.1, -0.05) is 18.2 Å². The molecule has 1 fully saturated rings. The molecule has 1 aliphatic rings. The molecular weight excluding hydrogens is 380 g/mol. The molecule has 1 N–H and O–H groups in total. The van der Waals surface area contributed by atoms with Crippen LogP contribution in [0.2, 0.25) is 0 Å². The van der Waals surface area contributed by atoms with Crippen LogP contribution in [-0.4, -0.2) is 55.9 Å². The van der Waals surface area contributed by atoms with Crippen molar-refractivity contribution in [2.24, 2.45) is 0 Å².